The van der Waals surface area contributed by atoms with Crippen molar-refractivity contribution in [1.82, 2.24) is 14.5 Å². The fourth-order valence-electron chi connectivity index (χ4n) is 2.82. The maximum atomic E-state index is 6.37. The molecule has 2 atom stereocenters. The first-order chi connectivity index (χ1) is 9.29. The Morgan fingerprint density at radius 1 is 1.47 bits per heavy atom. The Hall–Kier alpha value is -1.17. The number of hydrogen-bond donors (Lipinski definition) is 1. The lowest BCUT2D eigenvalue weighted by Gasteiger charge is -2.37. The molecule has 3 heterocycles. The van der Waals surface area contributed by atoms with E-state index >= 15 is 0 Å². The summed E-state index contributed by atoms with van der Waals surface area (Å²) >= 11 is 1.74. The van der Waals surface area contributed by atoms with Crippen molar-refractivity contribution in [3.8, 4) is 0 Å². The summed E-state index contributed by atoms with van der Waals surface area (Å²) in [4.78, 5) is 6.91. The highest BCUT2D eigenvalue weighted by Gasteiger charge is 2.29. The van der Waals surface area contributed by atoms with Gasteiger partial charge in [-0.15, -0.1) is 0 Å². The molecule has 19 heavy (non-hydrogen) atoms. The van der Waals surface area contributed by atoms with Crippen LogP contribution in [-0.4, -0.2) is 27.0 Å². The van der Waals surface area contributed by atoms with Gasteiger partial charge in [0.15, 0.2) is 0 Å². The van der Waals surface area contributed by atoms with Crippen molar-refractivity contribution in [2.45, 2.75) is 38.5 Å². The zero-order chi connectivity index (χ0) is 13.2. The summed E-state index contributed by atoms with van der Waals surface area (Å²) in [5, 5.41) is 4.36. The molecule has 1 aliphatic rings. The summed E-state index contributed by atoms with van der Waals surface area (Å²) in [5.41, 5.74) is 7.72. The Balaban J connectivity index is 1.85. The van der Waals surface area contributed by atoms with Gasteiger partial charge in [0, 0.05) is 31.5 Å². The SMILES string of the molecule is CCC(N)C(c1ccsc1)N1CCn2ccnc2C1. The molecule has 0 radical (unpaired) electrons. The molecule has 4 nitrogen and oxygen atoms in total. The van der Waals surface area contributed by atoms with Crippen LogP contribution in [0.5, 0.6) is 0 Å². The molecule has 2 aromatic rings. The van der Waals surface area contributed by atoms with Gasteiger partial charge in [0.25, 0.3) is 0 Å². The molecule has 1 aliphatic heterocycles. The van der Waals surface area contributed by atoms with E-state index in [9.17, 15) is 0 Å². The molecule has 0 bridgehead atoms. The lowest BCUT2D eigenvalue weighted by atomic mass is 9.98. The highest BCUT2D eigenvalue weighted by atomic mass is 32.1. The Morgan fingerprint density at radius 2 is 2.37 bits per heavy atom. The molecule has 2 aromatic heterocycles. The minimum atomic E-state index is 0.177. The van der Waals surface area contributed by atoms with Crippen LogP contribution in [0.4, 0.5) is 0 Å². The normalized spacial score (nSPS) is 19.1. The third-order valence-electron chi connectivity index (χ3n) is 3.93. The number of nitrogens with zero attached hydrogens (tertiary/aromatic N) is 3. The van der Waals surface area contributed by atoms with Crippen LogP contribution < -0.4 is 5.73 Å². The molecule has 0 spiro atoms. The quantitative estimate of drug-likeness (QED) is 0.931. The number of nitrogens with two attached hydrogens (primary N) is 1. The minimum Gasteiger partial charge on any atom is -0.333 e. The zero-order valence-corrected chi connectivity index (χ0v) is 12.0. The van der Waals surface area contributed by atoms with E-state index < -0.39 is 0 Å². The van der Waals surface area contributed by atoms with Gasteiger partial charge < -0.3 is 10.3 Å². The van der Waals surface area contributed by atoms with Crippen molar-refractivity contribution >= 4 is 11.3 Å². The molecule has 2 N–H and O–H groups in total. The molecule has 0 aromatic carbocycles. The average molecular weight is 276 g/mol. The first kappa shape index (κ1) is 12.8. The summed E-state index contributed by atoms with van der Waals surface area (Å²) in [6, 6.07) is 2.68. The van der Waals surface area contributed by atoms with Crippen molar-refractivity contribution in [1.29, 1.82) is 0 Å². The Bertz CT molecular complexity index is 519. The summed E-state index contributed by atoms with van der Waals surface area (Å²) in [6.07, 6.45) is 4.94. The molecule has 0 saturated heterocycles. The summed E-state index contributed by atoms with van der Waals surface area (Å²) in [7, 11) is 0. The van der Waals surface area contributed by atoms with Crippen molar-refractivity contribution in [3.63, 3.8) is 0 Å². The molecule has 0 fully saturated rings. The van der Waals surface area contributed by atoms with Crippen LogP contribution in [0.15, 0.2) is 29.2 Å². The summed E-state index contributed by atoms with van der Waals surface area (Å²) in [5.74, 6) is 1.15. The fourth-order valence-corrected chi connectivity index (χ4v) is 3.51. The van der Waals surface area contributed by atoms with Gasteiger partial charge >= 0.3 is 0 Å². The van der Waals surface area contributed by atoms with E-state index in [0.29, 0.717) is 6.04 Å². The van der Waals surface area contributed by atoms with Crippen molar-refractivity contribution in [3.05, 3.63) is 40.6 Å². The van der Waals surface area contributed by atoms with E-state index in [4.69, 9.17) is 5.73 Å². The van der Waals surface area contributed by atoms with Gasteiger partial charge in [-0.05, 0) is 28.8 Å². The fraction of sp³-hybridized carbons (Fsp3) is 0.500. The zero-order valence-electron chi connectivity index (χ0n) is 11.2. The van der Waals surface area contributed by atoms with Gasteiger partial charge in [-0.2, -0.15) is 11.3 Å². The first-order valence-electron chi connectivity index (χ1n) is 6.81. The molecular formula is C14H20N4S. The van der Waals surface area contributed by atoms with Gasteiger partial charge in [-0.3, -0.25) is 4.90 Å². The number of aromatic nitrogens is 2. The highest BCUT2D eigenvalue weighted by Crippen LogP contribution is 2.29. The van der Waals surface area contributed by atoms with E-state index in [0.717, 1.165) is 31.9 Å². The van der Waals surface area contributed by atoms with Crippen LogP contribution in [0.3, 0.4) is 0 Å². The Morgan fingerprint density at radius 3 is 3.11 bits per heavy atom. The van der Waals surface area contributed by atoms with Gasteiger partial charge in [0.1, 0.15) is 5.82 Å². The molecule has 5 heteroatoms. The van der Waals surface area contributed by atoms with E-state index in [-0.39, 0.29) is 6.04 Å². The monoisotopic (exact) mass is 276 g/mol. The van der Waals surface area contributed by atoms with Crippen LogP contribution in [0.1, 0.15) is 30.8 Å². The number of rotatable bonds is 4. The van der Waals surface area contributed by atoms with Crippen LogP contribution in [0.25, 0.3) is 0 Å². The topological polar surface area (TPSA) is 47.1 Å². The third kappa shape index (κ3) is 2.45. The van der Waals surface area contributed by atoms with Crippen LogP contribution in [0, 0.1) is 0 Å². The molecule has 102 valence electrons. The second kappa shape index (κ2) is 5.45. The van der Waals surface area contributed by atoms with Gasteiger partial charge in [0.2, 0.25) is 0 Å². The average Bonchev–Trinajstić information content (AvgIpc) is 3.08. The maximum Gasteiger partial charge on any atom is 0.122 e. The predicted molar refractivity (Wildman–Crippen MR) is 78.0 cm³/mol. The minimum absolute atomic E-state index is 0.177. The maximum absolute atomic E-state index is 6.37. The molecule has 2 unspecified atom stereocenters. The second-order valence-electron chi connectivity index (χ2n) is 5.08. The molecule has 0 aliphatic carbocycles. The number of fused-ring (bicyclic) bond motifs is 1. The molecular weight excluding hydrogens is 256 g/mol. The predicted octanol–water partition coefficient (Wildman–Crippen LogP) is 2.24. The van der Waals surface area contributed by atoms with Crippen LogP contribution in [0.2, 0.25) is 0 Å². The number of imidazole rings is 1. The Labute approximate surface area is 117 Å². The highest BCUT2D eigenvalue weighted by molar-refractivity contribution is 7.07. The summed E-state index contributed by atoms with van der Waals surface area (Å²) < 4.78 is 2.23. The standard InChI is InChI=1S/C14H20N4S/c1-2-12(15)14(11-3-8-19-10-11)18-7-6-17-5-4-16-13(17)9-18/h3-5,8,10,12,14H,2,6-7,9,15H2,1H3. The lowest BCUT2D eigenvalue weighted by molar-refractivity contribution is 0.130. The van der Waals surface area contributed by atoms with Crippen molar-refractivity contribution in [2.75, 3.05) is 6.54 Å². The second-order valence-corrected chi connectivity index (χ2v) is 5.86. The smallest absolute Gasteiger partial charge is 0.122 e. The Kier molecular flexibility index (Phi) is 3.68. The van der Waals surface area contributed by atoms with Crippen molar-refractivity contribution in [2.24, 2.45) is 5.73 Å². The van der Waals surface area contributed by atoms with Crippen LogP contribution >= 0.6 is 11.3 Å². The summed E-state index contributed by atoms with van der Waals surface area (Å²) in [6.45, 7) is 5.10. The number of thiophene rings is 1. The number of hydrogen-bond acceptors (Lipinski definition) is 4. The first-order valence-corrected chi connectivity index (χ1v) is 7.75. The van der Waals surface area contributed by atoms with Gasteiger partial charge in [-0.1, -0.05) is 6.92 Å². The molecule has 3 rings (SSSR count). The van der Waals surface area contributed by atoms with E-state index in [2.05, 4.69) is 44.4 Å². The van der Waals surface area contributed by atoms with E-state index in [1.54, 1.807) is 11.3 Å². The molecule has 0 amide bonds. The van der Waals surface area contributed by atoms with Crippen LogP contribution in [-0.2, 0) is 13.1 Å². The largest absolute Gasteiger partial charge is 0.333 e. The lowest BCUT2D eigenvalue weighted by Crippen LogP contribution is -2.44. The van der Waals surface area contributed by atoms with E-state index in [1.807, 2.05) is 6.20 Å². The third-order valence-corrected chi connectivity index (χ3v) is 4.63. The van der Waals surface area contributed by atoms with E-state index in [1.165, 1.54) is 5.56 Å². The van der Waals surface area contributed by atoms with Crippen molar-refractivity contribution < 1.29 is 0 Å². The van der Waals surface area contributed by atoms with Gasteiger partial charge in [-0.25, -0.2) is 4.98 Å². The van der Waals surface area contributed by atoms with Gasteiger partial charge in [0.05, 0.1) is 12.6 Å². The molecule has 0 saturated carbocycles.